The van der Waals surface area contributed by atoms with Gasteiger partial charge < -0.3 is 9.15 Å². The van der Waals surface area contributed by atoms with Crippen molar-refractivity contribution >= 4 is 35.0 Å². The van der Waals surface area contributed by atoms with E-state index in [1.165, 1.54) is 11.8 Å². The van der Waals surface area contributed by atoms with Crippen LogP contribution in [0.5, 0.6) is 5.75 Å². The Bertz CT molecular complexity index is 1250. The van der Waals surface area contributed by atoms with Gasteiger partial charge in [-0.25, -0.2) is 0 Å². The van der Waals surface area contributed by atoms with E-state index in [9.17, 15) is 0 Å². The van der Waals surface area contributed by atoms with Crippen molar-refractivity contribution in [3.05, 3.63) is 64.3 Å². The Morgan fingerprint density at radius 1 is 1.00 bits per heavy atom. The number of nitrogens with zero attached hydrogens (tertiary/aromatic N) is 5. The average molecular weight is 490 g/mol. The minimum absolute atomic E-state index is 0.218. The summed E-state index contributed by atoms with van der Waals surface area (Å²) in [5.74, 6) is 2.77. The molecule has 0 amide bonds. The van der Waals surface area contributed by atoms with Crippen LogP contribution in [0, 0.1) is 0 Å². The maximum Gasteiger partial charge on any atom is 0.226 e. The predicted molar refractivity (Wildman–Crippen MR) is 126 cm³/mol. The molecule has 0 N–H and O–H groups in total. The summed E-state index contributed by atoms with van der Waals surface area (Å²) in [6.45, 7) is 6.07. The van der Waals surface area contributed by atoms with E-state index in [-0.39, 0.29) is 5.41 Å². The van der Waals surface area contributed by atoms with Gasteiger partial charge in [0, 0.05) is 21.0 Å². The Hall–Kier alpha value is -2.55. The monoisotopic (exact) mass is 489 g/mol. The molecule has 32 heavy (non-hydrogen) atoms. The van der Waals surface area contributed by atoms with Gasteiger partial charge in [0.2, 0.25) is 11.8 Å². The molecule has 0 saturated heterocycles. The Balaban J connectivity index is 1.76. The SMILES string of the molecule is COc1ccc(Cl)cc1-n1c(SCc2nnc(C(C)(C)C)o2)nnc1-c1cccc(Cl)c1. The van der Waals surface area contributed by atoms with Crippen molar-refractivity contribution in [3.63, 3.8) is 0 Å². The van der Waals surface area contributed by atoms with Gasteiger partial charge in [-0.2, -0.15) is 0 Å². The standard InChI is InChI=1S/C22H21Cl2N5O2S/c1-22(2,3)20-27-25-18(31-20)12-32-21-28-26-19(13-6-5-7-14(23)10-13)29(21)16-11-15(24)8-9-17(16)30-4/h5-11H,12H2,1-4H3. The lowest BCUT2D eigenvalue weighted by atomic mass is 9.97. The summed E-state index contributed by atoms with van der Waals surface area (Å²) >= 11 is 14.0. The number of ether oxygens (including phenoxy) is 1. The molecule has 0 aliphatic heterocycles. The number of thioether (sulfide) groups is 1. The molecule has 0 aliphatic rings. The van der Waals surface area contributed by atoms with Crippen LogP contribution in [-0.2, 0) is 11.2 Å². The van der Waals surface area contributed by atoms with Crippen molar-refractivity contribution in [2.45, 2.75) is 37.1 Å². The maximum absolute atomic E-state index is 6.31. The normalized spacial score (nSPS) is 11.7. The number of halogens is 2. The van der Waals surface area contributed by atoms with Gasteiger partial charge in [0.15, 0.2) is 11.0 Å². The van der Waals surface area contributed by atoms with Crippen LogP contribution < -0.4 is 4.74 Å². The van der Waals surface area contributed by atoms with Crippen LogP contribution in [0.2, 0.25) is 10.0 Å². The quantitative estimate of drug-likeness (QED) is 0.297. The lowest BCUT2D eigenvalue weighted by Crippen LogP contribution is -2.11. The van der Waals surface area contributed by atoms with E-state index in [2.05, 4.69) is 20.4 Å². The van der Waals surface area contributed by atoms with Crippen molar-refractivity contribution in [2.24, 2.45) is 0 Å². The molecule has 0 radical (unpaired) electrons. The van der Waals surface area contributed by atoms with E-state index >= 15 is 0 Å². The van der Waals surface area contributed by atoms with E-state index in [1.807, 2.05) is 61.7 Å². The van der Waals surface area contributed by atoms with Gasteiger partial charge in [-0.05, 0) is 30.3 Å². The van der Waals surface area contributed by atoms with Gasteiger partial charge in [0.1, 0.15) is 5.75 Å². The number of rotatable bonds is 6. The summed E-state index contributed by atoms with van der Waals surface area (Å²) in [6, 6.07) is 12.8. The van der Waals surface area contributed by atoms with Gasteiger partial charge in [-0.15, -0.1) is 20.4 Å². The zero-order valence-electron chi connectivity index (χ0n) is 18.0. The van der Waals surface area contributed by atoms with Crippen LogP contribution in [-0.4, -0.2) is 32.1 Å². The molecule has 0 bridgehead atoms. The molecule has 166 valence electrons. The van der Waals surface area contributed by atoms with E-state index < -0.39 is 0 Å². The first-order chi connectivity index (χ1) is 15.3. The fourth-order valence-corrected chi connectivity index (χ4v) is 4.11. The van der Waals surface area contributed by atoms with Crippen LogP contribution in [0.4, 0.5) is 0 Å². The fourth-order valence-electron chi connectivity index (χ4n) is 2.97. The van der Waals surface area contributed by atoms with Gasteiger partial charge in [-0.3, -0.25) is 4.57 Å². The van der Waals surface area contributed by atoms with Crippen LogP contribution in [0.25, 0.3) is 17.1 Å². The Kier molecular flexibility index (Phi) is 6.46. The molecule has 2 heterocycles. The van der Waals surface area contributed by atoms with Crippen molar-refractivity contribution in [2.75, 3.05) is 7.11 Å². The van der Waals surface area contributed by atoms with Crippen LogP contribution in [0.1, 0.15) is 32.6 Å². The molecule has 10 heteroatoms. The summed E-state index contributed by atoms with van der Waals surface area (Å²) < 4.78 is 13.3. The highest BCUT2D eigenvalue weighted by Crippen LogP contribution is 2.35. The number of benzene rings is 2. The molecule has 0 unspecified atom stereocenters. The summed E-state index contributed by atoms with van der Waals surface area (Å²) in [7, 11) is 1.61. The predicted octanol–water partition coefficient (Wildman–Crippen LogP) is 6.22. The topological polar surface area (TPSA) is 78.9 Å². The minimum atomic E-state index is -0.218. The zero-order chi connectivity index (χ0) is 22.9. The van der Waals surface area contributed by atoms with Gasteiger partial charge >= 0.3 is 0 Å². The maximum atomic E-state index is 6.31. The third-order valence-electron chi connectivity index (χ3n) is 4.53. The molecule has 0 atom stereocenters. The highest BCUT2D eigenvalue weighted by Gasteiger charge is 2.23. The molecular formula is C22H21Cl2N5O2S. The van der Waals surface area contributed by atoms with E-state index in [4.69, 9.17) is 32.4 Å². The second-order valence-corrected chi connectivity index (χ2v) is 9.82. The summed E-state index contributed by atoms with van der Waals surface area (Å²) in [5.41, 5.74) is 1.30. The second kappa shape index (κ2) is 9.13. The lowest BCUT2D eigenvalue weighted by Gasteiger charge is -2.14. The fraction of sp³-hybridized carbons (Fsp3) is 0.273. The van der Waals surface area contributed by atoms with Crippen molar-refractivity contribution < 1.29 is 9.15 Å². The molecule has 4 rings (SSSR count). The Labute approximate surface area is 200 Å². The Morgan fingerprint density at radius 3 is 2.47 bits per heavy atom. The zero-order valence-corrected chi connectivity index (χ0v) is 20.3. The van der Waals surface area contributed by atoms with E-state index in [1.54, 1.807) is 13.2 Å². The van der Waals surface area contributed by atoms with E-state index in [0.717, 1.165) is 5.56 Å². The first kappa shape index (κ1) is 22.6. The molecule has 2 aromatic carbocycles. The van der Waals surface area contributed by atoms with Crippen LogP contribution in [0.15, 0.2) is 52.0 Å². The van der Waals surface area contributed by atoms with Crippen molar-refractivity contribution in [1.82, 2.24) is 25.0 Å². The average Bonchev–Trinajstić information content (AvgIpc) is 3.39. The number of aromatic nitrogens is 5. The Morgan fingerprint density at radius 2 is 1.78 bits per heavy atom. The third-order valence-corrected chi connectivity index (χ3v) is 5.92. The summed E-state index contributed by atoms with van der Waals surface area (Å²) in [5, 5.41) is 19.0. The molecule has 0 saturated carbocycles. The highest BCUT2D eigenvalue weighted by atomic mass is 35.5. The third kappa shape index (κ3) is 4.77. The first-order valence-corrected chi connectivity index (χ1v) is 11.5. The minimum Gasteiger partial charge on any atom is -0.495 e. The van der Waals surface area contributed by atoms with Crippen molar-refractivity contribution in [1.29, 1.82) is 0 Å². The highest BCUT2D eigenvalue weighted by molar-refractivity contribution is 7.98. The van der Waals surface area contributed by atoms with Gasteiger partial charge in [0.25, 0.3) is 0 Å². The van der Waals surface area contributed by atoms with Crippen LogP contribution >= 0.6 is 35.0 Å². The molecule has 7 nitrogen and oxygen atoms in total. The molecule has 0 aliphatic carbocycles. The summed E-state index contributed by atoms with van der Waals surface area (Å²) in [6.07, 6.45) is 0. The van der Waals surface area contributed by atoms with E-state index in [0.29, 0.717) is 50.0 Å². The van der Waals surface area contributed by atoms with Crippen LogP contribution in [0.3, 0.4) is 0 Å². The van der Waals surface area contributed by atoms with Crippen molar-refractivity contribution in [3.8, 4) is 22.8 Å². The molecule has 4 aromatic rings. The second-order valence-electron chi connectivity index (χ2n) is 8.01. The van der Waals surface area contributed by atoms with Gasteiger partial charge in [-0.1, -0.05) is 67.9 Å². The number of hydrogen-bond acceptors (Lipinski definition) is 7. The summed E-state index contributed by atoms with van der Waals surface area (Å²) in [4.78, 5) is 0. The molecular weight excluding hydrogens is 469 g/mol. The number of hydrogen-bond donors (Lipinski definition) is 0. The lowest BCUT2D eigenvalue weighted by molar-refractivity contribution is 0.378. The number of methoxy groups -OCH3 is 1. The smallest absolute Gasteiger partial charge is 0.226 e. The first-order valence-electron chi connectivity index (χ1n) is 9.77. The largest absolute Gasteiger partial charge is 0.495 e. The molecule has 0 spiro atoms. The van der Waals surface area contributed by atoms with Gasteiger partial charge in [0.05, 0.1) is 18.6 Å². The molecule has 0 fully saturated rings. The molecule has 2 aromatic heterocycles.